The molecule has 1 aromatic carbocycles. The van der Waals surface area contributed by atoms with E-state index in [-0.39, 0.29) is 5.82 Å². The van der Waals surface area contributed by atoms with Crippen molar-refractivity contribution in [3.8, 4) is 11.4 Å². The summed E-state index contributed by atoms with van der Waals surface area (Å²) < 4.78 is 15.8. The van der Waals surface area contributed by atoms with Crippen LogP contribution < -0.4 is 0 Å². The quantitative estimate of drug-likeness (QED) is 0.728. The number of rotatable bonds is 2. The van der Waals surface area contributed by atoms with Crippen LogP contribution in [-0.2, 0) is 0 Å². The molecular formula is C17H17FN4. The molecule has 1 unspecified atom stereocenters. The van der Waals surface area contributed by atoms with Crippen molar-refractivity contribution in [2.24, 2.45) is 0 Å². The molecule has 112 valence electrons. The third kappa shape index (κ3) is 2.18. The normalized spacial score (nSPS) is 19.1. The van der Waals surface area contributed by atoms with Gasteiger partial charge in [0, 0.05) is 18.3 Å². The molecule has 4 rings (SSSR count). The molecule has 2 aromatic heterocycles. The molecule has 0 spiro atoms. The summed E-state index contributed by atoms with van der Waals surface area (Å²) in [5.74, 6) is 0.557. The summed E-state index contributed by atoms with van der Waals surface area (Å²) in [5.41, 5.74) is 2.53. The summed E-state index contributed by atoms with van der Waals surface area (Å²) in [6, 6.07) is 10.8. The van der Waals surface area contributed by atoms with Crippen LogP contribution in [-0.4, -0.2) is 39.6 Å². The van der Waals surface area contributed by atoms with Gasteiger partial charge < -0.3 is 9.47 Å². The predicted octanol–water partition coefficient (Wildman–Crippen LogP) is 3.11. The van der Waals surface area contributed by atoms with Crippen molar-refractivity contribution in [3.05, 3.63) is 48.4 Å². The number of fused-ring (bicyclic) bond motifs is 1. The van der Waals surface area contributed by atoms with Gasteiger partial charge in [-0.1, -0.05) is 12.1 Å². The Morgan fingerprint density at radius 1 is 1.23 bits per heavy atom. The molecule has 22 heavy (non-hydrogen) atoms. The number of hydrogen-bond donors (Lipinski definition) is 0. The van der Waals surface area contributed by atoms with Crippen LogP contribution >= 0.6 is 0 Å². The molecule has 0 N–H and O–H groups in total. The number of halogens is 1. The van der Waals surface area contributed by atoms with E-state index in [4.69, 9.17) is 4.98 Å². The van der Waals surface area contributed by atoms with Crippen molar-refractivity contribution in [2.75, 3.05) is 20.1 Å². The van der Waals surface area contributed by atoms with Gasteiger partial charge in [-0.05, 0) is 44.3 Å². The summed E-state index contributed by atoms with van der Waals surface area (Å²) in [7, 11) is 2.12. The zero-order valence-corrected chi connectivity index (χ0v) is 12.4. The van der Waals surface area contributed by atoms with E-state index in [1.165, 1.54) is 12.1 Å². The van der Waals surface area contributed by atoms with Gasteiger partial charge in [-0.3, -0.25) is 0 Å². The molecule has 0 amide bonds. The highest BCUT2D eigenvalue weighted by atomic mass is 19.1. The number of nitrogens with zero attached hydrogens (tertiary/aromatic N) is 4. The third-order valence-electron chi connectivity index (χ3n) is 4.26. The molecule has 0 aliphatic carbocycles. The first kappa shape index (κ1) is 13.4. The van der Waals surface area contributed by atoms with E-state index < -0.39 is 0 Å². The second-order valence-corrected chi connectivity index (χ2v) is 5.87. The van der Waals surface area contributed by atoms with Crippen molar-refractivity contribution in [1.82, 2.24) is 19.4 Å². The number of pyridine rings is 1. The van der Waals surface area contributed by atoms with Crippen LogP contribution in [0.15, 0.2) is 42.6 Å². The van der Waals surface area contributed by atoms with E-state index in [9.17, 15) is 4.39 Å². The van der Waals surface area contributed by atoms with E-state index >= 15 is 0 Å². The monoisotopic (exact) mass is 296 g/mol. The van der Waals surface area contributed by atoms with Crippen molar-refractivity contribution in [1.29, 1.82) is 0 Å². The van der Waals surface area contributed by atoms with Gasteiger partial charge in [0.15, 0.2) is 5.65 Å². The van der Waals surface area contributed by atoms with Gasteiger partial charge in [0.05, 0.1) is 6.04 Å². The summed E-state index contributed by atoms with van der Waals surface area (Å²) in [6.07, 6.45) is 2.84. The maximum atomic E-state index is 13.6. The lowest BCUT2D eigenvalue weighted by molar-refractivity contribution is 0.395. The largest absolute Gasteiger partial charge is 0.304 e. The van der Waals surface area contributed by atoms with Crippen LogP contribution in [0.5, 0.6) is 0 Å². The molecule has 3 aromatic rings. The summed E-state index contributed by atoms with van der Waals surface area (Å²) >= 11 is 0. The molecule has 1 atom stereocenters. The fourth-order valence-electron chi connectivity index (χ4n) is 3.23. The van der Waals surface area contributed by atoms with Crippen LogP contribution in [0.2, 0.25) is 0 Å². The minimum absolute atomic E-state index is 0.243. The SMILES string of the molecule is CN1CCC(n2c(-c3cccc(F)c3)nc3cccnc32)C1. The number of likely N-dealkylation sites (tertiary alicyclic amines) is 1. The number of likely N-dealkylation sites (N-methyl/N-ethyl adjacent to an activating group) is 1. The van der Waals surface area contributed by atoms with Crippen LogP contribution in [0, 0.1) is 5.82 Å². The Balaban J connectivity index is 1.93. The zero-order valence-electron chi connectivity index (χ0n) is 12.4. The number of hydrogen-bond acceptors (Lipinski definition) is 3. The number of imidazole rings is 1. The third-order valence-corrected chi connectivity index (χ3v) is 4.26. The van der Waals surface area contributed by atoms with Gasteiger partial charge in [0.25, 0.3) is 0 Å². The maximum Gasteiger partial charge on any atom is 0.160 e. The number of benzene rings is 1. The molecular weight excluding hydrogens is 279 g/mol. The molecule has 1 aliphatic rings. The molecule has 0 bridgehead atoms. The molecule has 1 fully saturated rings. The van der Waals surface area contributed by atoms with Crippen LogP contribution in [0.4, 0.5) is 4.39 Å². The average molecular weight is 296 g/mol. The van der Waals surface area contributed by atoms with E-state index in [0.717, 1.165) is 42.1 Å². The summed E-state index contributed by atoms with van der Waals surface area (Å²) in [5, 5.41) is 0. The van der Waals surface area contributed by atoms with Crippen molar-refractivity contribution < 1.29 is 4.39 Å². The highest BCUT2D eigenvalue weighted by Crippen LogP contribution is 2.31. The standard InChI is InChI=1S/C17H17FN4/c1-21-9-7-14(11-21)22-16(12-4-2-5-13(18)10-12)20-15-6-3-8-19-17(15)22/h2-6,8,10,14H,7,9,11H2,1H3. The predicted molar refractivity (Wildman–Crippen MR) is 84.1 cm³/mol. The topological polar surface area (TPSA) is 34.0 Å². The van der Waals surface area contributed by atoms with E-state index in [0.29, 0.717) is 6.04 Å². The summed E-state index contributed by atoms with van der Waals surface area (Å²) in [6.45, 7) is 2.02. The fraction of sp³-hybridized carbons (Fsp3) is 0.294. The van der Waals surface area contributed by atoms with Gasteiger partial charge in [0.2, 0.25) is 0 Å². The van der Waals surface area contributed by atoms with Gasteiger partial charge >= 0.3 is 0 Å². The second kappa shape index (κ2) is 5.18. The first-order valence-electron chi connectivity index (χ1n) is 7.50. The van der Waals surface area contributed by atoms with E-state index in [2.05, 4.69) is 21.5 Å². The Kier molecular flexibility index (Phi) is 3.15. The Morgan fingerprint density at radius 3 is 2.91 bits per heavy atom. The number of aromatic nitrogens is 3. The van der Waals surface area contributed by atoms with Crippen LogP contribution in [0.3, 0.4) is 0 Å². The molecule has 4 nitrogen and oxygen atoms in total. The molecule has 3 heterocycles. The first-order valence-corrected chi connectivity index (χ1v) is 7.50. The van der Waals surface area contributed by atoms with Gasteiger partial charge in [0.1, 0.15) is 17.2 Å². The van der Waals surface area contributed by atoms with Gasteiger partial charge in [-0.15, -0.1) is 0 Å². The Morgan fingerprint density at radius 2 is 2.14 bits per heavy atom. The Labute approximate surface area is 128 Å². The smallest absolute Gasteiger partial charge is 0.160 e. The zero-order chi connectivity index (χ0) is 15.1. The Bertz CT molecular complexity index is 826. The van der Waals surface area contributed by atoms with Gasteiger partial charge in [-0.25, -0.2) is 14.4 Å². The van der Waals surface area contributed by atoms with Crippen molar-refractivity contribution in [2.45, 2.75) is 12.5 Å². The average Bonchev–Trinajstić information content (AvgIpc) is 3.10. The molecule has 1 aliphatic heterocycles. The lowest BCUT2D eigenvalue weighted by Gasteiger charge is -2.16. The maximum absolute atomic E-state index is 13.6. The Hall–Kier alpha value is -2.27. The molecule has 0 saturated carbocycles. The van der Waals surface area contributed by atoms with Gasteiger partial charge in [-0.2, -0.15) is 0 Å². The van der Waals surface area contributed by atoms with E-state index in [1.54, 1.807) is 12.3 Å². The van der Waals surface area contributed by atoms with Crippen molar-refractivity contribution >= 4 is 11.2 Å². The molecule has 0 radical (unpaired) electrons. The minimum Gasteiger partial charge on any atom is -0.304 e. The van der Waals surface area contributed by atoms with Crippen LogP contribution in [0.1, 0.15) is 12.5 Å². The second-order valence-electron chi connectivity index (χ2n) is 5.87. The van der Waals surface area contributed by atoms with Crippen molar-refractivity contribution in [3.63, 3.8) is 0 Å². The highest BCUT2D eigenvalue weighted by molar-refractivity contribution is 5.77. The fourth-order valence-corrected chi connectivity index (χ4v) is 3.23. The first-order chi connectivity index (χ1) is 10.7. The van der Waals surface area contributed by atoms with E-state index in [1.807, 2.05) is 18.2 Å². The lowest BCUT2D eigenvalue weighted by atomic mass is 10.2. The summed E-state index contributed by atoms with van der Waals surface area (Å²) in [4.78, 5) is 11.5. The van der Waals surface area contributed by atoms with Crippen LogP contribution in [0.25, 0.3) is 22.6 Å². The lowest BCUT2D eigenvalue weighted by Crippen LogP contribution is -2.17. The molecule has 1 saturated heterocycles. The molecule has 5 heteroatoms. The highest BCUT2D eigenvalue weighted by Gasteiger charge is 2.26. The minimum atomic E-state index is -0.243.